The standard InChI is InChI=1S/C19H29N5O4/c1-17(2,3)24-15(26)6-5-14(25)19(24,18(4,11-20)12-22-28)16(27)23-13-7-9-21-10-8-13/h7-10,22,28H,5-6,11-12,20H2,1-4H3,(H,21,23,27)/t18-,19+/m1/s1. The molecule has 28 heavy (non-hydrogen) atoms. The molecule has 154 valence electrons. The minimum absolute atomic E-state index is 0.0214. The number of pyridine rings is 1. The first kappa shape index (κ1) is 21.9. The van der Waals surface area contributed by atoms with Crippen molar-refractivity contribution < 1.29 is 19.6 Å². The Kier molecular flexibility index (Phi) is 6.22. The zero-order valence-corrected chi connectivity index (χ0v) is 16.8. The van der Waals surface area contributed by atoms with Gasteiger partial charge < -0.3 is 21.2 Å². The van der Waals surface area contributed by atoms with Gasteiger partial charge in [-0.1, -0.05) is 6.92 Å². The van der Waals surface area contributed by atoms with Crippen LogP contribution in [0.5, 0.6) is 0 Å². The van der Waals surface area contributed by atoms with Gasteiger partial charge >= 0.3 is 0 Å². The number of carbonyl (C=O) groups excluding carboxylic acids is 3. The smallest absolute Gasteiger partial charge is 0.258 e. The van der Waals surface area contributed by atoms with Crippen LogP contribution in [0.1, 0.15) is 40.5 Å². The second-order valence-corrected chi connectivity index (χ2v) is 8.32. The molecule has 0 spiro atoms. The number of rotatable bonds is 6. The van der Waals surface area contributed by atoms with E-state index < -0.39 is 28.2 Å². The summed E-state index contributed by atoms with van der Waals surface area (Å²) < 4.78 is 0. The molecule has 0 unspecified atom stereocenters. The molecule has 5 N–H and O–H groups in total. The molecule has 2 rings (SSSR count). The van der Waals surface area contributed by atoms with E-state index in [0.29, 0.717) is 5.69 Å². The fraction of sp³-hybridized carbons (Fsp3) is 0.579. The molecule has 0 aromatic carbocycles. The number of carbonyl (C=O) groups is 3. The van der Waals surface area contributed by atoms with Gasteiger partial charge in [-0.15, -0.1) is 0 Å². The minimum atomic E-state index is -1.89. The van der Waals surface area contributed by atoms with E-state index in [-0.39, 0.29) is 31.8 Å². The third-order valence-electron chi connectivity index (χ3n) is 5.29. The van der Waals surface area contributed by atoms with Crippen LogP contribution in [0.3, 0.4) is 0 Å². The number of aromatic nitrogens is 1. The SMILES string of the molecule is CC(C)(C)N1C(=O)CCC(=O)[C@]1(C(=O)Nc1ccncc1)[C@](C)(CN)CNO. The molecular formula is C19H29N5O4. The number of nitrogens with zero attached hydrogens (tertiary/aromatic N) is 2. The summed E-state index contributed by atoms with van der Waals surface area (Å²) >= 11 is 0. The summed E-state index contributed by atoms with van der Waals surface area (Å²) in [5.41, 5.74) is 4.51. The van der Waals surface area contributed by atoms with Crippen LogP contribution >= 0.6 is 0 Å². The number of hydrogen-bond donors (Lipinski definition) is 4. The molecule has 1 aliphatic rings. The largest absolute Gasteiger partial charge is 0.330 e. The van der Waals surface area contributed by atoms with Crippen molar-refractivity contribution in [1.29, 1.82) is 0 Å². The van der Waals surface area contributed by atoms with Crippen LogP contribution in [0.2, 0.25) is 0 Å². The Labute approximate surface area is 164 Å². The normalized spacial score (nSPS) is 22.7. The zero-order chi connectivity index (χ0) is 21.2. The Morgan fingerprint density at radius 2 is 1.86 bits per heavy atom. The topological polar surface area (TPSA) is 138 Å². The number of hydroxylamine groups is 1. The summed E-state index contributed by atoms with van der Waals surface area (Å²) in [5.74, 6) is -1.37. The Morgan fingerprint density at radius 1 is 1.25 bits per heavy atom. The van der Waals surface area contributed by atoms with E-state index in [0.717, 1.165) is 0 Å². The number of ketones is 1. The molecule has 1 aromatic heterocycles. The number of hydrogen-bond acceptors (Lipinski definition) is 7. The van der Waals surface area contributed by atoms with Crippen molar-refractivity contribution in [3.63, 3.8) is 0 Å². The highest BCUT2D eigenvalue weighted by Gasteiger charge is 2.66. The summed E-state index contributed by atoms with van der Waals surface area (Å²) in [7, 11) is 0. The zero-order valence-electron chi connectivity index (χ0n) is 16.8. The predicted octanol–water partition coefficient (Wildman–Crippen LogP) is 0.693. The van der Waals surface area contributed by atoms with Crippen LogP contribution in [-0.4, -0.2) is 56.9 Å². The van der Waals surface area contributed by atoms with Gasteiger partial charge in [0.15, 0.2) is 11.3 Å². The second kappa shape index (κ2) is 7.94. The molecule has 2 heterocycles. The minimum Gasteiger partial charge on any atom is -0.330 e. The van der Waals surface area contributed by atoms with Crippen LogP contribution in [0.25, 0.3) is 0 Å². The first-order chi connectivity index (χ1) is 13.0. The third-order valence-corrected chi connectivity index (χ3v) is 5.29. The molecular weight excluding hydrogens is 362 g/mol. The Balaban J connectivity index is 2.74. The van der Waals surface area contributed by atoms with Gasteiger partial charge in [0.1, 0.15) is 0 Å². The van der Waals surface area contributed by atoms with Crippen molar-refractivity contribution in [2.45, 2.75) is 51.6 Å². The van der Waals surface area contributed by atoms with Crippen LogP contribution in [0.15, 0.2) is 24.5 Å². The lowest BCUT2D eigenvalue weighted by molar-refractivity contribution is -0.177. The first-order valence-corrected chi connectivity index (χ1v) is 9.19. The van der Waals surface area contributed by atoms with Crippen LogP contribution in [0.4, 0.5) is 5.69 Å². The maximum Gasteiger partial charge on any atom is 0.258 e. The highest BCUT2D eigenvalue weighted by molar-refractivity contribution is 6.20. The Morgan fingerprint density at radius 3 is 2.36 bits per heavy atom. The van der Waals surface area contributed by atoms with Crippen molar-refractivity contribution in [3.05, 3.63) is 24.5 Å². The van der Waals surface area contributed by atoms with E-state index in [2.05, 4.69) is 10.3 Å². The number of nitrogens with two attached hydrogens (primary N) is 1. The van der Waals surface area contributed by atoms with Gasteiger partial charge in [0.05, 0.1) is 0 Å². The van der Waals surface area contributed by atoms with Crippen molar-refractivity contribution in [2.75, 3.05) is 18.4 Å². The molecule has 1 saturated heterocycles. The maximum absolute atomic E-state index is 13.7. The van der Waals surface area contributed by atoms with E-state index in [1.54, 1.807) is 39.8 Å². The second-order valence-electron chi connectivity index (χ2n) is 8.32. The average molecular weight is 391 g/mol. The predicted molar refractivity (Wildman–Crippen MR) is 103 cm³/mol. The van der Waals surface area contributed by atoms with Gasteiger partial charge in [-0.2, -0.15) is 0 Å². The molecule has 1 aliphatic heterocycles. The number of amides is 2. The number of nitrogens with one attached hydrogen (secondary N) is 2. The molecule has 2 atom stereocenters. The van der Waals surface area contributed by atoms with Gasteiger partial charge in [-0.25, -0.2) is 5.48 Å². The molecule has 0 radical (unpaired) electrons. The lowest BCUT2D eigenvalue weighted by Gasteiger charge is -2.57. The highest BCUT2D eigenvalue weighted by Crippen LogP contribution is 2.45. The summed E-state index contributed by atoms with van der Waals surface area (Å²) in [6, 6.07) is 3.18. The van der Waals surface area contributed by atoms with Crippen molar-refractivity contribution in [1.82, 2.24) is 15.4 Å². The van der Waals surface area contributed by atoms with Crippen molar-refractivity contribution in [3.8, 4) is 0 Å². The molecule has 9 heteroatoms. The van der Waals surface area contributed by atoms with Gasteiger partial charge in [0, 0.05) is 55.0 Å². The number of piperidine rings is 1. The maximum atomic E-state index is 13.7. The van der Waals surface area contributed by atoms with E-state index in [4.69, 9.17) is 5.73 Å². The molecule has 0 saturated carbocycles. The van der Waals surface area contributed by atoms with Crippen molar-refractivity contribution >= 4 is 23.3 Å². The Hall–Kier alpha value is -2.36. The molecule has 1 fully saturated rings. The molecule has 9 nitrogen and oxygen atoms in total. The van der Waals surface area contributed by atoms with E-state index in [9.17, 15) is 19.6 Å². The molecule has 0 aliphatic carbocycles. The first-order valence-electron chi connectivity index (χ1n) is 9.19. The lowest BCUT2D eigenvalue weighted by atomic mass is 9.62. The summed E-state index contributed by atoms with van der Waals surface area (Å²) in [4.78, 5) is 45.3. The average Bonchev–Trinajstić information content (AvgIpc) is 2.63. The van der Waals surface area contributed by atoms with Crippen LogP contribution in [-0.2, 0) is 14.4 Å². The van der Waals surface area contributed by atoms with Crippen LogP contribution < -0.4 is 16.5 Å². The quantitative estimate of drug-likeness (QED) is 0.413. The molecule has 2 amide bonds. The number of Topliss-reactive ketones (excluding diaryl/α,β-unsaturated/α-hetero) is 1. The monoisotopic (exact) mass is 391 g/mol. The fourth-order valence-electron chi connectivity index (χ4n) is 3.99. The molecule has 0 bridgehead atoms. The molecule has 1 aromatic rings. The van der Waals surface area contributed by atoms with Crippen molar-refractivity contribution in [2.24, 2.45) is 11.1 Å². The van der Waals surface area contributed by atoms with Crippen LogP contribution in [0, 0.1) is 5.41 Å². The summed E-state index contributed by atoms with van der Waals surface area (Å²) in [6.45, 7) is 6.65. The van der Waals surface area contributed by atoms with E-state index in [1.165, 1.54) is 17.3 Å². The van der Waals surface area contributed by atoms with Gasteiger partial charge in [-0.05, 0) is 32.9 Å². The number of likely N-dealkylation sites (tertiary alicyclic amines) is 1. The number of anilines is 1. The third kappa shape index (κ3) is 3.52. The summed E-state index contributed by atoms with van der Waals surface area (Å²) in [6.07, 6.45) is 2.97. The van der Waals surface area contributed by atoms with E-state index in [1.807, 2.05) is 5.48 Å². The lowest BCUT2D eigenvalue weighted by Crippen LogP contribution is -2.79. The fourth-order valence-corrected chi connectivity index (χ4v) is 3.99. The summed E-state index contributed by atoms with van der Waals surface area (Å²) in [5, 5.41) is 12.2. The van der Waals surface area contributed by atoms with Gasteiger partial charge in [-0.3, -0.25) is 19.4 Å². The Bertz CT molecular complexity index is 748. The van der Waals surface area contributed by atoms with E-state index >= 15 is 0 Å². The highest BCUT2D eigenvalue weighted by atomic mass is 16.5. The van der Waals surface area contributed by atoms with Gasteiger partial charge in [0.25, 0.3) is 5.91 Å². The van der Waals surface area contributed by atoms with Gasteiger partial charge in [0.2, 0.25) is 5.91 Å².